The van der Waals surface area contributed by atoms with E-state index >= 15 is 0 Å². The molecule has 0 saturated heterocycles. The summed E-state index contributed by atoms with van der Waals surface area (Å²) in [5.41, 5.74) is 4.16. The minimum Gasteiger partial charge on any atom is -0.347 e. The third-order valence-corrected chi connectivity index (χ3v) is 9.63. The maximum atomic E-state index is 11.9. The van der Waals surface area contributed by atoms with Gasteiger partial charge in [-0.05, 0) is 51.4 Å². The smallest absolute Gasteiger partial charge is 0.207 e. The molecule has 3 aliphatic rings. The van der Waals surface area contributed by atoms with Gasteiger partial charge in [-0.15, -0.1) is 6.58 Å². The van der Waals surface area contributed by atoms with Crippen LogP contribution in [0, 0.1) is 11.8 Å². The van der Waals surface area contributed by atoms with Crippen LogP contribution in [0.15, 0.2) is 24.4 Å². The van der Waals surface area contributed by atoms with E-state index in [4.69, 9.17) is 0 Å². The van der Waals surface area contributed by atoms with Crippen LogP contribution in [0.2, 0.25) is 0 Å². The molecule has 0 aromatic rings. The molecule has 0 aromatic heterocycles. The lowest BCUT2D eigenvalue weighted by Crippen LogP contribution is -2.43. The van der Waals surface area contributed by atoms with Gasteiger partial charge in [-0.3, -0.25) is 9.59 Å². The Hall–Kier alpha value is -1.27. The first-order chi connectivity index (χ1) is 17.1. The van der Waals surface area contributed by atoms with Crippen LogP contribution in [0.3, 0.4) is 0 Å². The van der Waals surface area contributed by atoms with Crippen molar-refractivity contribution >= 4 is 24.1 Å². The van der Waals surface area contributed by atoms with Crippen LogP contribution in [0.1, 0.15) is 122 Å². The number of allylic oxidation sites excluding steroid dienone is 1. The van der Waals surface area contributed by atoms with Crippen molar-refractivity contribution in [2.45, 2.75) is 133 Å². The third kappa shape index (κ3) is 8.66. The maximum absolute atomic E-state index is 11.9. The van der Waals surface area contributed by atoms with Crippen LogP contribution >= 0.6 is 11.9 Å². The van der Waals surface area contributed by atoms with Gasteiger partial charge >= 0.3 is 0 Å². The van der Waals surface area contributed by atoms with E-state index in [0.29, 0.717) is 22.4 Å². The van der Waals surface area contributed by atoms with E-state index < -0.39 is 0 Å². The molecule has 5 nitrogen and oxygen atoms in total. The first-order valence-electron chi connectivity index (χ1n) is 14.4. The van der Waals surface area contributed by atoms with Gasteiger partial charge in [0.05, 0.1) is 5.54 Å². The maximum Gasteiger partial charge on any atom is 0.207 e. The van der Waals surface area contributed by atoms with E-state index in [1.807, 2.05) is 18.0 Å². The number of rotatable bonds is 22. The van der Waals surface area contributed by atoms with E-state index in [9.17, 15) is 9.59 Å². The van der Waals surface area contributed by atoms with Crippen LogP contribution < -0.4 is 15.6 Å². The number of hydrogen-bond donors (Lipinski definition) is 3. The highest BCUT2D eigenvalue weighted by Gasteiger charge is 2.55. The number of Topliss-reactive ketones (excluding diaryl/α,β-unsaturated/α-hetero) is 1. The minimum absolute atomic E-state index is 0.292. The van der Waals surface area contributed by atoms with E-state index in [0.717, 1.165) is 50.6 Å². The van der Waals surface area contributed by atoms with Crippen molar-refractivity contribution in [3.05, 3.63) is 24.4 Å². The Balaban J connectivity index is 1.18. The fraction of sp³-hybridized carbons (Fsp3) is 0.793. The lowest BCUT2D eigenvalue weighted by atomic mass is 9.80. The highest BCUT2D eigenvalue weighted by atomic mass is 32.2. The average molecular weight is 504 g/mol. The van der Waals surface area contributed by atoms with Gasteiger partial charge in [-0.25, -0.2) is 0 Å². The van der Waals surface area contributed by atoms with Gasteiger partial charge in [-0.2, -0.15) is 4.83 Å². The molecule has 35 heavy (non-hydrogen) atoms. The summed E-state index contributed by atoms with van der Waals surface area (Å²) in [6, 6.07) is 0. The molecule has 6 heteroatoms. The van der Waals surface area contributed by atoms with E-state index in [-0.39, 0.29) is 5.54 Å². The van der Waals surface area contributed by atoms with Gasteiger partial charge in [0.15, 0.2) is 0 Å². The number of ketones is 1. The summed E-state index contributed by atoms with van der Waals surface area (Å²) in [5, 5.41) is 3.02. The molecule has 198 valence electrons. The summed E-state index contributed by atoms with van der Waals surface area (Å²) in [4.78, 5) is 26.5. The molecule has 3 rings (SSSR count). The van der Waals surface area contributed by atoms with E-state index in [1.54, 1.807) is 0 Å². The summed E-state index contributed by atoms with van der Waals surface area (Å²) in [6.45, 7) is 6.04. The predicted molar refractivity (Wildman–Crippen MR) is 148 cm³/mol. The molecule has 3 fully saturated rings. The zero-order chi connectivity index (χ0) is 25.0. The fourth-order valence-electron chi connectivity index (χ4n) is 5.43. The molecule has 0 spiro atoms. The summed E-state index contributed by atoms with van der Waals surface area (Å²) >= 11 is 1.84. The van der Waals surface area contributed by atoms with Crippen LogP contribution in [-0.4, -0.2) is 22.5 Å². The van der Waals surface area contributed by atoms with Crippen LogP contribution in [0.5, 0.6) is 0 Å². The average Bonchev–Trinajstić information content (AvgIpc) is 3.72. The first kappa shape index (κ1) is 28.3. The zero-order valence-corrected chi connectivity index (χ0v) is 22.9. The normalized spacial score (nSPS) is 24.9. The van der Waals surface area contributed by atoms with E-state index in [1.165, 1.54) is 77.0 Å². The summed E-state index contributed by atoms with van der Waals surface area (Å²) in [5.74, 6) is 1.26. The van der Waals surface area contributed by atoms with Crippen molar-refractivity contribution in [3.63, 3.8) is 0 Å². The molecule has 0 radical (unpaired) electrons. The Morgan fingerprint density at radius 2 is 1.69 bits per heavy atom. The van der Waals surface area contributed by atoms with Crippen molar-refractivity contribution in [1.29, 1.82) is 0 Å². The number of unbranched alkanes of at least 4 members (excludes halogenated alkanes) is 8. The Morgan fingerprint density at radius 3 is 2.20 bits per heavy atom. The second-order valence-electron chi connectivity index (χ2n) is 11.1. The van der Waals surface area contributed by atoms with Gasteiger partial charge in [0.2, 0.25) is 6.41 Å². The zero-order valence-electron chi connectivity index (χ0n) is 22.0. The Morgan fingerprint density at radius 1 is 1.03 bits per heavy atom. The lowest BCUT2D eigenvalue weighted by Gasteiger charge is -2.24. The molecule has 0 heterocycles. The van der Waals surface area contributed by atoms with Crippen molar-refractivity contribution in [2.75, 3.05) is 0 Å². The lowest BCUT2D eigenvalue weighted by molar-refractivity contribution is -0.125. The minimum atomic E-state index is -0.308. The number of hydrogen-bond acceptors (Lipinski definition) is 5. The third-order valence-electron chi connectivity index (χ3n) is 8.38. The van der Waals surface area contributed by atoms with Gasteiger partial charge in [0.1, 0.15) is 5.78 Å². The summed E-state index contributed by atoms with van der Waals surface area (Å²) in [7, 11) is 0. The number of nitrogens with one attached hydrogen (secondary N) is 3. The fourth-order valence-corrected chi connectivity index (χ4v) is 6.36. The summed E-state index contributed by atoms with van der Waals surface area (Å²) in [6.07, 6.45) is 26.6. The molecule has 3 N–H and O–H groups in total. The van der Waals surface area contributed by atoms with Gasteiger partial charge < -0.3 is 10.7 Å². The van der Waals surface area contributed by atoms with Gasteiger partial charge in [0.25, 0.3) is 0 Å². The highest BCUT2D eigenvalue weighted by molar-refractivity contribution is 7.99. The second-order valence-corrected chi connectivity index (χ2v) is 12.4. The molecule has 3 aliphatic carbocycles. The number of hydrazine groups is 1. The molecule has 0 aromatic carbocycles. The molecule has 1 amide bonds. The molecule has 2 atom stereocenters. The van der Waals surface area contributed by atoms with Crippen molar-refractivity contribution in [1.82, 2.24) is 15.6 Å². The monoisotopic (exact) mass is 503 g/mol. The van der Waals surface area contributed by atoms with Gasteiger partial charge in [0, 0.05) is 28.7 Å². The largest absolute Gasteiger partial charge is 0.347 e. The Kier molecular flexibility index (Phi) is 11.7. The van der Waals surface area contributed by atoms with Crippen LogP contribution in [0.4, 0.5) is 0 Å². The SMILES string of the molecule is C=CC1CC1(NC=O)/C(=C\CC)NNSC1(CCCCCCCCCCCC(=O)C2CCC2)CC1. The molecule has 3 saturated carbocycles. The molecular formula is C29H49N3O2S. The molecule has 0 aliphatic heterocycles. The summed E-state index contributed by atoms with van der Waals surface area (Å²) < 4.78 is 0.383. The Bertz CT molecular complexity index is 717. The number of amides is 1. The van der Waals surface area contributed by atoms with Gasteiger partial charge in [-0.1, -0.05) is 88.8 Å². The van der Waals surface area contributed by atoms with Crippen molar-refractivity contribution in [2.24, 2.45) is 11.8 Å². The first-order valence-corrected chi connectivity index (χ1v) is 15.2. The van der Waals surface area contributed by atoms with Crippen LogP contribution in [0.25, 0.3) is 0 Å². The standard InChI is InChI=1S/C29H49N3O2S/c1-3-15-27(29(30-23-33)22-25(29)4-2)31-32-35-28(20-21-28)19-13-11-9-7-5-6-8-10-12-18-26(34)24-16-14-17-24/h4,15,23-25,31-32H,2-3,5-14,16-22H2,1H3,(H,30,33)/b27-15+. The van der Waals surface area contributed by atoms with Crippen molar-refractivity contribution in [3.8, 4) is 0 Å². The molecular weight excluding hydrogens is 454 g/mol. The van der Waals surface area contributed by atoms with E-state index in [2.05, 4.69) is 35.2 Å². The Labute approximate surface area is 218 Å². The second kappa shape index (κ2) is 14.5. The van der Waals surface area contributed by atoms with Crippen LogP contribution in [-0.2, 0) is 9.59 Å². The molecule has 0 bridgehead atoms. The topological polar surface area (TPSA) is 70.2 Å². The molecule has 2 unspecified atom stereocenters. The highest BCUT2D eigenvalue weighted by Crippen LogP contribution is 2.51. The number of carbonyl (C=O) groups excluding carboxylic acids is 2. The quantitative estimate of drug-likeness (QED) is 0.0492. The number of carbonyl (C=O) groups is 2. The predicted octanol–water partition coefficient (Wildman–Crippen LogP) is 6.91. The van der Waals surface area contributed by atoms with Crippen molar-refractivity contribution < 1.29 is 9.59 Å².